The van der Waals surface area contributed by atoms with Crippen LogP contribution in [0.15, 0.2) is 29.2 Å². The molecule has 0 aliphatic carbocycles. The minimum atomic E-state index is -4.28. The van der Waals surface area contributed by atoms with Crippen molar-refractivity contribution >= 4 is 27.9 Å². The van der Waals surface area contributed by atoms with Gasteiger partial charge >= 0.3 is 5.97 Å². The van der Waals surface area contributed by atoms with Gasteiger partial charge in [0.25, 0.3) is 10.0 Å². The van der Waals surface area contributed by atoms with Gasteiger partial charge in [0, 0.05) is 6.54 Å². The van der Waals surface area contributed by atoms with E-state index in [1.807, 2.05) is 0 Å². The number of benzene rings is 1. The van der Waals surface area contributed by atoms with Crippen LogP contribution in [0.5, 0.6) is 0 Å². The number of carboxylic acid groups (broad SMARTS) is 1. The van der Waals surface area contributed by atoms with Crippen molar-refractivity contribution in [2.75, 3.05) is 6.54 Å². The van der Waals surface area contributed by atoms with Gasteiger partial charge in [0.15, 0.2) is 5.96 Å². The summed E-state index contributed by atoms with van der Waals surface area (Å²) < 4.78 is 26.2. The van der Waals surface area contributed by atoms with Gasteiger partial charge in [-0.05, 0) is 31.9 Å². The molecule has 0 aliphatic heterocycles. The van der Waals surface area contributed by atoms with E-state index < -0.39 is 28.0 Å². The van der Waals surface area contributed by atoms with Crippen molar-refractivity contribution in [2.24, 2.45) is 11.5 Å². The van der Waals surface area contributed by atoms with Crippen molar-refractivity contribution in [3.63, 3.8) is 0 Å². The second-order valence-corrected chi connectivity index (χ2v) is 7.29. The maximum absolute atomic E-state index is 12.8. The minimum absolute atomic E-state index is 0.0962. The topological polar surface area (TPSA) is 198 Å². The Labute approximate surface area is 151 Å². The standard InChI is InChI=1S/C14H23N7O4S/c1-9-4-6-10(7-5-9)26(24,25)21(20-14(17)18)11(12(22)23)3-2-8-19-13(15)16/h4-7,11H,2-3,8H2,1H3,(H,22,23)(H4,15,16,19)(H4,17,18,20)/t11-/m1/s1. The van der Waals surface area contributed by atoms with Crippen LogP contribution in [0.2, 0.25) is 0 Å². The van der Waals surface area contributed by atoms with Gasteiger partial charge in [-0.25, -0.2) is 8.42 Å². The average Bonchev–Trinajstić information content (AvgIpc) is 2.52. The fourth-order valence-corrected chi connectivity index (χ4v) is 3.56. The summed E-state index contributed by atoms with van der Waals surface area (Å²) >= 11 is 0. The second kappa shape index (κ2) is 9.01. The Hall–Kier alpha value is -2.86. The fraction of sp³-hybridized carbons (Fsp3) is 0.357. The van der Waals surface area contributed by atoms with Crippen molar-refractivity contribution in [1.29, 1.82) is 10.8 Å². The van der Waals surface area contributed by atoms with Gasteiger partial charge < -0.3 is 21.9 Å². The van der Waals surface area contributed by atoms with Gasteiger partial charge in [-0.15, -0.1) is 0 Å². The molecule has 0 saturated heterocycles. The van der Waals surface area contributed by atoms with Crippen LogP contribution in [0.25, 0.3) is 0 Å². The van der Waals surface area contributed by atoms with E-state index >= 15 is 0 Å². The summed E-state index contributed by atoms with van der Waals surface area (Å²) in [5.41, 5.74) is 13.3. The van der Waals surface area contributed by atoms with Crippen LogP contribution in [0, 0.1) is 17.7 Å². The van der Waals surface area contributed by atoms with Crippen molar-refractivity contribution in [2.45, 2.75) is 30.7 Å². The number of hydrazine groups is 1. The molecule has 0 amide bonds. The van der Waals surface area contributed by atoms with Gasteiger partial charge in [-0.3, -0.25) is 21.0 Å². The van der Waals surface area contributed by atoms with Crippen LogP contribution in [0.3, 0.4) is 0 Å². The lowest BCUT2D eigenvalue weighted by atomic mass is 10.1. The summed E-state index contributed by atoms with van der Waals surface area (Å²) in [6, 6.07) is 4.32. The number of nitrogens with zero attached hydrogens (tertiary/aromatic N) is 1. The van der Waals surface area contributed by atoms with Gasteiger partial charge in [-0.1, -0.05) is 22.1 Å². The largest absolute Gasteiger partial charge is 0.480 e. The summed E-state index contributed by atoms with van der Waals surface area (Å²) in [5, 5.41) is 26.4. The molecule has 26 heavy (non-hydrogen) atoms. The summed E-state index contributed by atoms with van der Waals surface area (Å²) in [7, 11) is -4.28. The molecule has 0 heterocycles. The lowest BCUT2D eigenvalue weighted by Gasteiger charge is -2.28. The Morgan fingerprint density at radius 1 is 1.23 bits per heavy atom. The van der Waals surface area contributed by atoms with E-state index in [0.29, 0.717) is 4.41 Å². The number of guanidine groups is 2. The van der Waals surface area contributed by atoms with Gasteiger partial charge in [0.2, 0.25) is 5.96 Å². The number of aliphatic carboxylic acids is 1. The monoisotopic (exact) mass is 385 g/mol. The summed E-state index contributed by atoms with van der Waals surface area (Å²) in [4.78, 5) is 11.5. The minimum Gasteiger partial charge on any atom is -0.480 e. The number of hydrogen-bond acceptors (Lipinski definition) is 5. The molecule has 1 atom stereocenters. The highest BCUT2D eigenvalue weighted by Gasteiger charge is 2.36. The quantitative estimate of drug-likeness (QED) is 0.123. The molecule has 1 aromatic carbocycles. The maximum atomic E-state index is 12.8. The molecule has 0 unspecified atom stereocenters. The summed E-state index contributed by atoms with van der Waals surface area (Å²) in [6.07, 6.45) is 0.122. The van der Waals surface area contributed by atoms with E-state index in [9.17, 15) is 18.3 Å². The third-order valence-electron chi connectivity index (χ3n) is 3.35. The lowest BCUT2D eigenvalue weighted by Crippen LogP contribution is -2.56. The second-order valence-electron chi connectivity index (χ2n) is 5.48. The predicted octanol–water partition coefficient (Wildman–Crippen LogP) is -0.900. The summed E-state index contributed by atoms with van der Waals surface area (Å²) in [6.45, 7) is 1.97. The van der Waals surface area contributed by atoms with Crippen LogP contribution in [-0.2, 0) is 14.8 Å². The zero-order valence-corrected chi connectivity index (χ0v) is 15.0. The van der Waals surface area contributed by atoms with Crippen molar-refractivity contribution < 1.29 is 18.3 Å². The lowest BCUT2D eigenvalue weighted by molar-refractivity contribution is -0.142. The zero-order valence-electron chi connectivity index (χ0n) is 14.2. The molecule has 0 saturated carbocycles. The number of nitrogens with one attached hydrogen (secondary N) is 4. The van der Waals surface area contributed by atoms with Gasteiger partial charge in [0.05, 0.1) is 4.90 Å². The number of nitrogens with two attached hydrogens (primary N) is 2. The van der Waals surface area contributed by atoms with E-state index in [-0.39, 0.29) is 30.2 Å². The molecule has 0 fully saturated rings. The van der Waals surface area contributed by atoms with Crippen LogP contribution in [-0.4, -0.2) is 48.4 Å². The maximum Gasteiger partial charge on any atom is 0.324 e. The Balaban J connectivity index is 3.14. The molecular formula is C14H23N7O4S. The third kappa shape index (κ3) is 5.89. The highest BCUT2D eigenvalue weighted by atomic mass is 32.2. The smallest absolute Gasteiger partial charge is 0.324 e. The molecule has 144 valence electrons. The Bertz CT molecular complexity index is 764. The Kier molecular flexibility index (Phi) is 7.34. The highest BCUT2D eigenvalue weighted by Crippen LogP contribution is 2.19. The SMILES string of the molecule is Cc1ccc(S(=O)(=O)N(NC(=N)N)[C@H](CCCNC(=N)N)C(=O)O)cc1. The number of sulfonamides is 1. The van der Waals surface area contributed by atoms with Crippen LogP contribution in [0.4, 0.5) is 0 Å². The number of rotatable bonds is 9. The van der Waals surface area contributed by atoms with E-state index in [0.717, 1.165) is 5.56 Å². The predicted molar refractivity (Wildman–Crippen MR) is 95.8 cm³/mol. The first-order valence-corrected chi connectivity index (χ1v) is 9.02. The van der Waals surface area contributed by atoms with Crippen LogP contribution >= 0.6 is 0 Å². The highest BCUT2D eigenvalue weighted by molar-refractivity contribution is 7.89. The first kappa shape index (κ1) is 21.2. The van der Waals surface area contributed by atoms with Gasteiger partial charge in [-0.2, -0.15) is 0 Å². The molecule has 0 radical (unpaired) electrons. The Morgan fingerprint density at radius 2 is 1.81 bits per heavy atom. The number of aryl methyl sites for hydroxylation is 1. The van der Waals surface area contributed by atoms with Crippen molar-refractivity contribution in [3.05, 3.63) is 29.8 Å². The van der Waals surface area contributed by atoms with Crippen LogP contribution in [0.1, 0.15) is 18.4 Å². The van der Waals surface area contributed by atoms with E-state index in [1.165, 1.54) is 12.1 Å². The molecular weight excluding hydrogens is 362 g/mol. The first-order valence-electron chi connectivity index (χ1n) is 7.58. The molecule has 0 bridgehead atoms. The van der Waals surface area contributed by atoms with E-state index in [1.54, 1.807) is 19.1 Å². The Morgan fingerprint density at radius 3 is 2.27 bits per heavy atom. The first-order chi connectivity index (χ1) is 12.1. The molecule has 11 nitrogen and oxygen atoms in total. The molecule has 12 heteroatoms. The van der Waals surface area contributed by atoms with Crippen LogP contribution < -0.4 is 22.2 Å². The normalized spacial score (nSPS) is 12.4. The van der Waals surface area contributed by atoms with Crippen molar-refractivity contribution in [3.8, 4) is 0 Å². The molecule has 0 aromatic heterocycles. The van der Waals surface area contributed by atoms with E-state index in [2.05, 4.69) is 10.7 Å². The molecule has 9 N–H and O–H groups in total. The summed E-state index contributed by atoms with van der Waals surface area (Å²) in [5.74, 6) is -2.39. The average molecular weight is 385 g/mol. The van der Waals surface area contributed by atoms with Crippen molar-refractivity contribution in [1.82, 2.24) is 15.2 Å². The number of carbonyl (C=O) groups is 1. The van der Waals surface area contributed by atoms with Gasteiger partial charge in [0.1, 0.15) is 6.04 Å². The fourth-order valence-electron chi connectivity index (χ4n) is 2.11. The molecule has 0 spiro atoms. The number of carboxylic acids is 1. The zero-order chi connectivity index (χ0) is 19.9. The number of hydrogen-bond donors (Lipinski definition) is 7. The third-order valence-corrected chi connectivity index (χ3v) is 5.08. The van der Waals surface area contributed by atoms with E-state index in [4.69, 9.17) is 22.3 Å². The molecule has 0 aliphatic rings. The molecule has 1 rings (SSSR count). The molecule has 1 aromatic rings.